The van der Waals surface area contributed by atoms with Gasteiger partial charge in [0.25, 0.3) is 17.7 Å². The molecule has 0 spiro atoms. The zero-order valence-corrected chi connectivity index (χ0v) is 56.5. The number of aromatic carboxylic acids is 1. The number of ether oxygens (including phenoxy) is 3. The predicted molar refractivity (Wildman–Crippen MR) is 361 cm³/mol. The summed E-state index contributed by atoms with van der Waals surface area (Å²) in [6.07, 6.45) is 1.53. The zero-order chi connectivity index (χ0) is 70.1. The number of fused-ring (bicyclic) bond motifs is 2. The predicted octanol–water partition coefficient (Wildman–Crippen LogP) is 6.13. The van der Waals surface area contributed by atoms with E-state index in [-0.39, 0.29) is 80.0 Å². The van der Waals surface area contributed by atoms with Gasteiger partial charge in [-0.25, -0.2) is 24.4 Å². The number of aliphatic carboxylic acids is 1. The van der Waals surface area contributed by atoms with Crippen LogP contribution in [0.4, 0.5) is 15.7 Å². The minimum atomic E-state index is -1.87. The Labute approximate surface area is 575 Å². The van der Waals surface area contributed by atoms with Crippen LogP contribution in [0, 0.1) is 23.2 Å². The zero-order valence-electron chi connectivity index (χ0n) is 55.6. The molecule has 0 radical (unpaired) electrons. The van der Waals surface area contributed by atoms with E-state index < -0.39 is 91.1 Å². The van der Waals surface area contributed by atoms with Gasteiger partial charge in [0.05, 0.1) is 47.4 Å². The highest BCUT2D eigenvalue weighted by atomic mass is 32.1. The average molecular weight is 1380 g/mol. The molecule has 4 saturated carbocycles. The number of benzene rings is 3. The molecule has 7 aliphatic rings. The lowest BCUT2D eigenvalue weighted by molar-refractivity contribution is -0.248. The highest BCUT2D eigenvalue weighted by Crippen LogP contribution is 2.72. The first-order valence-corrected chi connectivity index (χ1v) is 34.6. The van der Waals surface area contributed by atoms with Crippen LogP contribution < -0.4 is 15.5 Å². The van der Waals surface area contributed by atoms with E-state index in [2.05, 4.69) is 29.5 Å². The maximum absolute atomic E-state index is 14.3. The number of nitrogens with zero attached hydrogens (tertiary/aromatic N) is 7. The van der Waals surface area contributed by atoms with Crippen LogP contribution in [0.3, 0.4) is 0 Å². The lowest BCUT2D eigenvalue weighted by Gasteiger charge is -2.69. The minimum absolute atomic E-state index is 0.00577. The third-order valence-electron chi connectivity index (χ3n) is 20.6. The molecule has 6 aromatic rings. The number of aryl methyl sites for hydroxylation is 2. The van der Waals surface area contributed by atoms with E-state index in [1.165, 1.54) is 16.2 Å². The molecule has 27 heteroatoms. The Morgan fingerprint density at radius 1 is 0.838 bits per heavy atom. The monoisotopic (exact) mass is 1380 g/mol. The Balaban J connectivity index is 0.705. The number of thiazole rings is 1. The van der Waals surface area contributed by atoms with Gasteiger partial charge in [-0.1, -0.05) is 67.6 Å². The number of carboxylic acids is 2. The van der Waals surface area contributed by atoms with Crippen molar-refractivity contribution < 1.29 is 83.5 Å². The van der Waals surface area contributed by atoms with Gasteiger partial charge in [-0.05, 0) is 165 Å². The molecule has 5 fully saturated rings. The van der Waals surface area contributed by atoms with Crippen molar-refractivity contribution in [1.82, 2.24) is 34.9 Å². The number of para-hydroxylation sites is 1. The van der Waals surface area contributed by atoms with Crippen LogP contribution in [0.2, 0.25) is 0 Å². The van der Waals surface area contributed by atoms with Crippen LogP contribution >= 0.6 is 11.3 Å². The van der Waals surface area contributed by atoms with Crippen LogP contribution in [-0.2, 0) is 72.3 Å². The van der Waals surface area contributed by atoms with Crippen molar-refractivity contribution in [2.24, 2.45) is 16.2 Å². The van der Waals surface area contributed by atoms with Gasteiger partial charge < -0.3 is 65.1 Å². The smallest absolute Gasteiger partial charge is 0.410 e. The first kappa shape index (κ1) is 70.3. The van der Waals surface area contributed by atoms with E-state index in [0.717, 1.165) is 81.8 Å². The number of carboxylic acid groups (broad SMARTS) is 2. The number of pyridine rings is 1. The van der Waals surface area contributed by atoms with Gasteiger partial charge in [-0.2, -0.15) is 5.10 Å². The fourth-order valence-electron chi connectivity index (χ4n) is 17.1. The van der Waals surface area contributed by atoms with Gasteiger partial charge in [-0.3, -0.25) is 34.1 Å². The molecule has 13 rings (SSSR count). The molecule has 9 N–H and O–H groups in total. The van der Waals surface area contributed by atoms with E-state index >= 15 is 0 Å². The molecule has 526 valence electrons. The fourth-order valence-corrected chi connectivity index (χ4v) is 17.9. The number of carbonyl (C=O) groups excluding carboxylic acids is 5. The largest absolute Gasteiger partial charge is 0.479 e. The highest BCUT2D eigenvalue weighted by molar-refractivity contribution is 7.22. The normalized spacial score (nSPS) is 25.6. The maximum Gasteiger partial charge on any atom is 0.410 e. The number of aliphatic hydroxyl groups is 5. The maximum atomic E-state index is 14.3. The summed E-state index contributed by atoms with van der Waals surface area (Å²) in [5.41, 5.74) is 6.04. The van der Waals surface area contributed by atoms with Crippen LogP contribution in [0.25, 0.3) is 21.3 Å². The number of hydrogen-bond acceptors (Lipinski definition) is 20. The third-order valence-corrected chi connectivity index (χ3v) is 21.6. The number of carbonyl (C=O) groups is 7. The Kier molecular flexibility index (Phi) is 20.6. The van der Waals surface area contributed by atoms with Gasteiger partial charge in [-0.15, -0.1) is 0 Å². The molecule has 26 nitrogen and oxygen atoms in total. The Bertz CT molecular complexity index is 4050. The van der Waals surface area contributed by atoms with E-state index in [9.17, 15) is 69.3 Å². The molecule has 4 bridgehead atoms. The quantitative estimate of drug-likeness (QED) is 0.0197. The molecule has 3 aromatic carbocycles. The fraction of sp³-hybridized carbons (Fsp3) is 0.500. The molecule has 3 aliphatic heterocycles. The molecule has 3 aromatic heterocycles. The summed E-state index contributed by atoms with van der Waals surface area (Å²) in [6.45, 7) is 7.42. The number of hydrogen-bond donors (Lipinski definition) is 9. The molecule has 8 atom stereocenters. The molecule has 1 saturated heterocycles. The van der Waals surface area contributed by atoms with Crippen molar-refractivity contribution in [3.8, 4) is 11.1 Å². The summed E-state index contributed by atoms with van der Waals surface area (Å²) >= 11 is 1.40. The van der Waals surface area contributed by atoms with Gasteiger partial charge in [0, 0.05) is 73.8 Å². The van der Waals surface area contributed by atoms with Crippen LogP contribution in [-0.4, -0.2) is 195 Å². The first-order chi connectivity index (χ1) is 47.3. The van der Waals surface area contributed by atoms with Crippen molar-refractivity contribution in [2.45, 2.75) is 166 Å². The lowest BCUT2D eigenvalue weighted by atomic mass is 9.39. The summed E-state index contributed by atoms with van der Waals surface area (Å²) in [6, 6.07) is 22.5. The minimum Gasteiger partial charge on any atom is -0.479 e. The SMILES string of the molecule is Cc1c(-c2ccc(N3CCc4cccc(C(=O)Nc5nc6ccccc6s5)c4C3)nc2C(=O)O)cnn1CC12CC3(C)CC(C)(C1)CC(OCCN(CC[C@H](O)CO)C(=O)OCc1ccc(CCCCNC(=O)CN4C(=O)C=CC4=O)cc1CC[C@@H]1O[C@H](C(=O)O)[C@@H](O)[C@H](O)[C@H]1O)(C3)C2. The van der Waals surface area contributed by atoms with E-state index in [0.29, 0.717) is 90.5 Å². The molecule has 2 unspecified atom stereocenters. The number of aromatic nitrogens is 4. The van der Waals surface area contributed by atoms with Crippen molar-refractivity contribution in [1.29, 1.82) is 0 Å². The summed E-state index contributed by atoms with van der Waals surface area (Å²) in [7, 11) is 0. The van der Waals surface area contributed by atoms with Crippen LogP contribution in [0.5, 0.6) is 0 Å². The van der Waals surface area contributed by atoms with Crippen molar-refractivity contribution in [3.05, 3.63) is 136 Å². The number of nitrogens with one attached hydrogen (secondary N) is 2. The summed E-state index contributed by atoms with van der Waals surface area (Å²) in [4.78, 5) is 103. The summed E-state index contributed by atoms with van der Waals surface area (Å²) < 4.78 is 21.7. The van der Waals surface area contributed by atoms with Crippen molar-refractivity contribution >= 4 is 74.2 Å². The molecule has 4 aliphatic carbocycles. The van der Waals surface area contributed by atoms with Gasteiger partial charge >= 0.3 is 18.0 Å². The van der Waals surface area contributed by atoms with Gasteiger partial charge in [0.15, 0.2) is 16.9 Å². The van der Waals surface area contributed by atoms with Crippen LogP contribution in [0.15, 0.2) is 91.1 Å². The average Bonchev–Trinajstić information content (AvgIpc) is 0.729. The number of aliphatic hydroxyl groups excluding tert-OH is 5. The van der Waals surface area contributed by atoms with E-state index in [4.69, 9.17) is 24.3 Å². The van der Waals surface area contributed by atoms with Crippen molar-refractivity contribution in [3.63, 3.8) is 0 Å². The standard InChI is InChI=1S/C72H85N9O17S/c1-42-50(48-17-19-55(76-59(48)65(91)92)79-25-22-44-10-8-11-49(51(44)31-79)64(90)77-67-75-52-12-4-5-13-54(52)99-67)30-74-81(42)41-71-36-69(2)35-70(3,37-71)39-72(38-69,40-71)97-28-27-78(26-23-47(83)33-82)68(95)96-34-46-15-14-43(9-6-7-24-73-56(84)32-80-57(85)20-21-58(80)86)29-45(46)16-18-53-60(87)61(88)62(89)63(98-53)66(93)94/h4-5,8,10-15,17,19-21,29-30,47,53,60-63,82-83,87-89H,6-7,9,16,18,22-28,31-41H2,1-3H3,(H,73,84)(H,91,92)(H,93,94)(H,75,77,90)/t47-,53-,60-,61+,62-,63-,69?,70?,71?,72?/m0/s1. The molecular formula is C72H85N9O17S. The van der Waals surface area contributed by atoms with E-state index in [1.54, 1.807) is 24.4 Å². The third kappa shape index (κ3) is 15.4. The Morgan fingerprint density at radius 3 is 2.34 bits per heavy atom. The second kappa shape index (κ2) is 29.0. The lowest BCUT2D eigenvalue weighted by Crippen LogP contribution is -2.64. The van der Waals surface area contributed by atoms with Gasteiger partial charge in [0.1, 0.15) is 37.3 Å². The molecule has 99 heavy (non-hydrogen) atoms. The summed E-state index contributed by atoms with van der Waals surface area (Å²) in [5.74, 6) is -4.10. The number of unbranched alkanes of at least 4 members (excludes halogenated alkanes) is 1. The number of amides is 5. The molecular weight excluding hydrogens is 1290 g/mol. The second-order valence-electron chi connectivity index (χ2n) is 28.6. The summed E-state index contributed by atoms with van der Waals surface area (Å²) in [5, 5.41) is 83.9. The Hall–Kier alpha value is -8.54. The van der Waals surface area contributed by atoms with Crippen LogP contribution in [0.1, 0.15) is 132 Å². The first-order valence-electron chi connectivity index (χ1n) is 33.8. The molecule has 6 heterocycles. The molecule has 5 amide bonds. The topological polar surface area (TPSA) is 366 Å². The number of rotatable bonds is 28. The number of anilines is 2. The van der Waals surface area contributed by atoms with E-state index in [1.807, 2.05) is 71.1 Å². The number of imide groups is 1. The van der Waals surface area contributed by atoms with Gasteiger partial charge in [0.2, 0.25) is 5.91 Å². The second-order valence-corrected chi connectivity index (χ2v) is 29.6. The highest BCUT2D eigenvalue weighted by Gasteiger charge is 2.66. The van der Waals surface area contributed by atoms with Crippen molar-refractivity contribution in [2.75, 3.05) is 56.2 Å². The Morgan fingerprint density at radius 2 is 1.61 bits per heavy atom.